The minimum atomic E-state index is -4.34. The fraction of sp³-hybridized carbons (Fsp3) is 0.333. The van der Waals surface area contributed by atoms with Gasteiger partial charge in [-0.15, -0.1) is 0 Å². The summed E-state index contributed by atoms with van der Waals surface area (Å²) < 4.78 is 38.1. The molecule has 0 aliphatic heterocycles. The monoisotopic (exact) mass is 312 g/mol. The first-order chi connectivity index (χ1) is 9.93. The normalized spacial score (nSPS) is 14.3. The van der Waals surface area contributed by atoms with E-state index in [2.05, 4.69) is 9.97 Å². The summed E-state index contributed by atoms with van der Waals surface area (Å²) in [4.78, 5) is 8.63. The van der Waals surface area contributed by atoms with E-state index < -0.39 is 11.7 Å². The van der Waals surface area contributed by atoms with Gasteiger partial charge >= 0.3 is 6.18 Å². The van der Waals surface area contributed by atoms with Gasteiger partial charge in [-0.2, -0.15) is 13.2 Å². The first kappa shape index (κ1) is 14.3. The van der Waals surface area contributed by atoms with Crippen LogP contribution in [0.25, 0.3) is 0 Å². The van der Waals surface area contributed by atoms with E-state index >= 15 is 0 Å². The predicted molar refractivity (Wildman–Crippen MR) is 73.3 cm³/mol. The van der Waals surface area contributed by atoms with Crippen molar-refractivity contribution in [2.45, 2.75) is 31.9 Å². The first-order valence-corrected chi connectivity index (χ1v) is 7.01. The van der Waals surface area contributed by atoms with Crippen LogP contribution in [0.15, 0.2) is 24.3 Å². The Bertz CT molecular complexity index is 683. The fourth-order valence-electron chi connectivity index (χ4n) is 2.55. The molecule has 0 N–H and O–H groups in total. The second kappa shape index (κ2) is 5.30. The van der Waals surface area contributed by atoms with Gasteiger partial charge in [0.2, 0.25) is 0 Å². The Kier molecular flexibility index (Phi) is 3.61. The van der Waals surface area contributed by atoms with E-state index in [-0.39, 0.29) is 6.42 Å². The molecule has 0 bridgehead atoms. The lowest BCUT2D eigenvalue weighted by atomic mass is 10.1. The van der Waals surface area contributed by atoms with E-state index in [9.17, 15) is 13.2 Å². The van der Waals surface area contributed by atoms with Gasteiger partial charge in [0, 0.05) is 17.7 Å². The molecule has 1 aromatic carbocycles. The Morgan fingerprint density at radius 1 is 1.14 bits per heavy atom. The zero-order valence-electron chi connectivity index (χ0n) is 11.0. The van der Waals surface area contributed by atoms with Crippen LogP contribution in [0, 0.1) is 0 Å². The molecule has 21 heavy (non-hydrogen) atoms. The average Bonchev–Trinajstić information content (AvgIpc) is 2.87. The van der Waals surface area contributed by atoms with Gasteiger partial charge in [-0.1, -0.05) is 29.8 Å². The van der Waals surface area contributed by atoms with Crippen molar-refractivity contribution in [3.05, 3.63) is 57.6 Å². The van der Waals surface area contributed by atoms with Crippen molar-refractivity contribution in [1.29, 1.82) is 0 Å². The highest BCUT2D eigenvalue weighted by Gasteiger charge is 2.30. The van der Waals surface area contributed by atoms with E-state index in [0.717, 1.165) is 42.7 Å². The van der Waals surface area contributed by atoms with Gasteiger partial charge in [-0.3, -0.25) is 0 Å². The lowest BCUT2D eigenvalue weighted by Gasteiger charge is -2.09. The third-order valence-electron chi connectivity index (χ3n) is 3.55. The van der Waals surface area contributed by atoms with Crippen LogP contribution in [0.4, 0.5) is 13.2 Å². The zero-order valence-corrected chi connectivity index (χ0v) is 11.8. The summed E-state index contributed by atoms with van der Waals surface area (Å²) in [5.74, 6) is 0.472. The molecule has 1 aromatic heterocycles. The summed E-state index contributed by atoms with van der Waals surface area (Å²) in [5.41, 5.74) is 1.77. The minimum Gasteiger partial charge on any atom is -0.237 e. The molecule has 0 fully saturated rings. The lowest BCUT2D eigenvalue weighted by Crippen LogP contribution is -2.06. The van der Waals surface area contributed by atoms with Crippen molar-refractivity contribution < 1.29 is 13.2 Å². The number of hydrogen-bond donors (Lipinski definition) is 0. The maximum atomic E-state index is 12.7. The topological polar surface area (TPSA) is 25.8 Å². The second-order valence-corrected chi connectivity index (χ2v) is 5.44. The first-order valence-electron chi connectivity index (χ1n) is 6.64. The summed E-state index contributed by atoms with van der Waals surface area (Å²) in [6.07, 6.45) is -1.37. The van der Waals surface area contributed by atoms with Gasteiger partial charge in [-0.25, -0.2) is 9.97 Å². The van der Waals surface area contributed by atoms with Crippen LogP contribution in [0.5, 0.6) is 0 Å². The average molecular weight is 313 g/mol. The van der Waals surface area contributed by atoms with Crippen LogP contribution in [-0.4, -0.2) is 9.97 Å². The van der Waals surface area contributed by atoms with Crippen molar-refractivity contribution in [3.8, 4) is 0 Å². The van der Waals surface area contributed by atoms with Gasteiger partial charge in [0.25, 0.3) is 0 Å². The molecule has 0 amide bonds. The molecule has 0 unspecified atom stereocenters. The predicted octanol–water partition coefficient (Wildman–Crippen LogP) is 4.23. The molecule has 0 spiro atoms. The molecule has 6 heteroatoms. The van der Waals surface area contributed by atoms with Crippen LogP contribution >= 0.6 is 11.6 Å². The largest absolute Gasteiger partial charge is 0.416 e. The van der Waals surface area contributed by atoms with Gasteiger partial charge in [-0.05, 0) is 30.9 Å². The zero-order chi connectivity index (χ0) is 15.0. The molecule has 1 heterocycles. The molecule has 2 aromatic rings. The molecule has 1 aliphatic rings. The maximum absolute atomic E-state index is 12.7. The van der Waals surface area contributed by atoms with Gasteiger partial charge in [0.1, 0.15) is 11.0 Å². The highest BCUT2D eigenvalue weighted by atomic mass is 35.5. The summed E-state index contributed by atoms with van der Waals surface area (Å²) in [6.45, 7) is 0. The Labute approximate surface area is 125 Å². The van der Waals surface area contributed by atoms with Crippen molar-refractivity contribution in [2.24, 2.45) is 0 Å². The number of rotatable bonds is 2. The fourth-order valence-corrected chi connectivity index (χ4v) is 2.86. The van der Waals surface area contributed by atoms with Crippen LogP contribution in [0.3, 0.4) is 0 Å². The SMILES string of the molecule is FC(F)(F)c1cccc(Cc2nc(Cl)c3c(n2)CCC3)c1. The van der Waals surface area contributed by atoms with E-state index in [0.29, 0.717) is 16.5 Å². The Morgan fingerprint density at radius 2 is 1.95 bits per heavy atom. The number of nitrogens with zero attached hydrogens (tertiary/aromatic N) is 2. The number of halogens is 4. The maximum Gasteiger partial charge on any atom is 0.416 e. The highest BCUT2D eigenvalue weighted by Crippen LogP contribution is 2.30. The van der Waals surface area contributed by atoms with E-state index in [1.807, 2.05) is 0 Å². The molecule has 3 rings (SSSR count). The Balaban J connectivity index is 1.89. The number of hydrogen-bond acceptors (Lipinski definition) is 2. The van der Waals surface area contributed by atoms with Crippen LogP contribution in [0.2, 0.25) is 5.15 Å². The van der Waals surface area contributed by atoms with Crippen molar-refractivity contribution in [2.75, 3.05) is 0 Å². The van der Waals surface area contributed by atoms with Crippen molar-refractivity contribution >= 4 is 11.6 Å². The smallest absolute Gasteiger partial charge is 0.237 e. The molecular weight excluding hydrogens is 301 g/mol. The molecular formula is C15H12ClF3N2. The van der Waals surface area contributed by atoms with Crippen molar-refractivity contribution in [3.63, 3.8) is 0 Å². The number of fused-ring (bicyclic) bond motifs is 1. The molecule has 0 atom stereocenters. The molecule has 110 valence electrons. The van der Waals surface area contributed by atoms with E-state index in [4.69, 9.17) is 11.6 Å². The number of benzene rings is 1. The van der Waals surface area contributed by atoms with E-state index in [1.54, 1.807) is 6.07 Å². The van der Waals surface area contributed by atoms with E-state index in [1.165, 1.54) is 6.07 Å². The van der Waals surface area contributed by atoms with Crippen LogP contribution in [0.1, 0.15) is 34.6 Å². The summed E-state index contributed by atoms with van der Waals surface area (Å²) >= 11 is 6.11. The quantitative estimate of drug-likeness (QED) is 0.776. The minimum absolute atomic E-state index is 0.247. The number of aromatic nitrogens is 2. The third kappa shape index (κ3) is 3.02. The van der Waals surface area contributed by atoms with Crippen LogP contribution < -0.4 is 0 Å². The Hall–Kier alpha value is -1.62. The molecule has 0 saturated carbocycles. The Morgan fingerprint density at radius 3 is 2.71 bits per heavy atom. The number of aryl methyl sites for hydroxylation is 1. The van der Waals surface area contributed by atoms with Crippen LogP contribution in [-0.2, 0) is 25.4 Å². The summed E-state index contributed by atoms with van der Waals surface area (Å²) in [5, 5.41) is 0.430. The molecule has 0 radical (unpaired) electrons. The lowest BCUT2D eigenvalue weighted by molar-refractivity contribution is -0.137. The molecule has 2 nitrogen and oxygen atoms in total. The molecule has 1 aliphatic carbocycles. The second-order valence-electron chi connectivity index (χ2n) is 5.08. The van der Waals surface area contributed by atoms with Crippen molar-refractivity contribution in [1.82, 2.24) is 9.97 Å². The van der Waals surface area contributed by atoms with Gasteiger partial charge < -0.3 is 0 Å². The summed E-state index contributed by atoms with van der Waals surface area (Å²) in [6, 6.07) is 5.22. The summed E-state index contributed by atoms with van der Waals surface area (Å²) in [7, 11) is 0. The van der Waals surface area contributed by atoms with Gasteiger partial charge in [0.05, 0.1) is 5.56 Å². The standard InChI is InChI=1S/C15H12ClF3N2/c16-14-11-5-2-6-12(11)20-13(21-14)8-9-3-1-4-10(7-9)15(17,18)19/h1,3-4,7H,2,5-6,8H2. The van der Waals surface area contributed by atoms with Gasteiger partial charge in [0.15, 0.2) is 0 Å². The third-order valence-corrected chi connectivity index (χ3v) is 3.86. The number of alkyl halides is 3. The highest BCUT2D eigenvalue weighted by molar-refractivity contribution is 6.30. The molecule has 0 saturated heterocycles.